The Bertz CT molecular complexity index is 513. The van der Waals surface area contributed by atoms with Crippen LogP contribution < -0.4 is 0 Å². The number of hydrogen-bond donors (Lipinski definition) is 1. The first-order valence-electron chi connectivity index (χ1n) is 7.55. The van der Waals surface area contributed by atoms with Crippen LogP contribution in [0.1, 0.15) is 24.5 Å². The molecular formula is C17H23FN2O. The monoisotopic (exact) mass is 290 g/mol. The van der Waals surface area contributed by atoms with Crippen molar-refractivity contribution < 1.29 is 9.50 Å². The van der Waals surface area contributed by atoms with Crippen LogP contribution in [0.5, 0.6) is 0 Å². The minimum absolute atomic E-state index is 0.203. The molecule has 21 heavy (non-hydrogen) atoms. The number of rotatable bonds is 4. The van der Waals surface area contributed by atoms with Gasteiger partial charge in [-0.2, -0.15) is 0 Å². The predicted octanol–water partition coefficient (Wildman–Crippen LogP) is 1.70. The Kier molecular flexibility index (Phi) is 6.19. The summed E-state index contributed by atoms with van der Waals surface area (Å²) in [6.07, 6.45) is 1.19. The third kappa shape index (κ3) is 5.13. The molecule has 0 aliphatic carbocycles. The summed E-state index contributed by atoms with van der Waals surface area (Å²) >= 11 is 0. The van der Waals surface area contributed by atoms with Gasteiger partial charge in [0.2, 0.25) is 0 Å². The Balaban J connectivity index is 1.95. The molecule has 0 aromatic heterocycles. The summed E-state index contributed by atoms with van der Waals surface area (Å²) in [6, 6.07) is 4.89. The van der Waals surface area contributed by atoms with Crippen molar-refractivity contribution in [3.63, 3.8) is 0 Å². The number of aliphatic hydroxyl groups excluding tert-OH is 1. The molecule has 1 aliphatic rings. The molecule has 1 aromatic rings. The molecule has 0 amide bonds. The summed E-state index contributed by atoms with van der Waals surface area (Å²) in [5, 5.41) is 8.72. The molecule has 0 spiro atoms. The van der Waals surface area contributed by atoms with Crippen molar-refractivity contribution in [2.75, 3.05) is 39.3 Å². The molecule has 0 atom stereocenters. The highest BCUT2D eigenvalue weighted by Crippen LogP contribution is 2.13. The van der Waals surface area contributed by atoms with Gasteiger partial charge < -0.3 is 10.0 Å². The van der Waals surface area contributed by atoms with Crippen LogP contribution >= 0.6 is 0 Å². The van der Waals surface area contributed by atoms with Crippen LogP contribution in [0.25, 0.3) is 0 Å². The highest BCUT2D eigenvalue weighted by Gasteiger charge is 2.16. The van der Waals surface area contributed by atoms with Crippen molar-refractivity contribution in [3.05, 3.63) is 35.1 Å². The largest absolute Gasteiger partial charge is 0.384 e. The molecule has 0 unspecified atom stereocenters. The Morgan fingerprint density at radius 3 is 2.52 bits per heavy atom. The average molecular weight is 290 g/mol. The highest BCUT2D eigenvalue weighted by atomic mass is 19.1. The summed E-state index contributed by atoms with van der Waals surface area (Å²) in [5.74, 6) is 5.07. The van der Waals surface area contributed by atoms with Crippen molar-refractivity contribution in [1.29, 1.82) is 0 Å². The van der Waals surface area contributed by atoms with Crippen molar-refractivity contribution >= 4 is 0 Å². The van der Waals surface area contributed by atoms with Gasteiger partial charge in [0.1, 0.15) is 12.4 Å². The van der Waals surface area contributed by atoms with E-state index in [-0.39, 0.29) is 12.4 Å². The van der Waals surface area contributed by atoms with E-state index in [1.807, 2.05) is 6.07 Å². The van der Waals surface area contributed by atoms with Crippen LogP contribution in [-0.2, 0) is 6.54 Å². The lowest BCUT2D eigenvalue weighted by Crippen LogP contribution is -2.45. The van der Waals surface area contributed by atoms with Gasteiger partial charge in [-0.25, -0.2) is 4.39 Å². The zero-order valence-electron chi connectivity index (χ0n) is 12.6. The number of nitrogens with zero attached hydrogens (tertiary/aromatic N) is 2. The van der Waals surface area contributed by atoms with Crippen molar-refractivity contribution in [1.82, 2.24) is 9.80 Å². The van der Waals surface area contributed by atoms with E-state index >= 15 is 0 Å². The number of hydrogen-bond acceptors (Lipinski definition) is 3. The molecule has 0 saturated carbocycles. The molecule has 3 nitrogen and oxygen atoms in total. The molecule has 1 aromatic carbocycles. The van der Waals surface area contributed by atoms with E-state index in [1.165, 1.54) is 12.5 Å². The molecule has 1 saturated heterocycles. The van der Waals surface area contributed by atoms with Crippen LogP contribution in [0.2, 0.25) is 0 Å². The Hall–Kier alpha value is -1.41. The van der Waals surface area contributed by atoms with Crippen LogP contribution in [0, 0.1) is 17.7 Å². The van der Waals surface area contributed by atoms with Crippen LogP contribution in [0.3, 0.4) is 0 Å². The fourth-order valence-corrected chi connectivity index (χ4v) is 2.70. The maximum Gasteiger partial charge on any atom is 0.124 e. The maximum atomic E-state index is 13.6. The third-order valence-corrected chi connectivity index (χ3v) is 3.68. The van der Waals surface area contributed by atoms with Gasteiger partial charge >= 0.3 is 0 Å². The average Bonchev–Trinajstić information content (AvgIpc) is 2.47. The van der Waals surface area contributed by atoms with Crippen LogP contribution in [-0.4, -0.2) is 54.2 Å². The highest BCUT2D eigenvalue weighted by molar-refractivity contribution is 5.37. The molecule has 4 heteroatoms. The lowest BCUT2D eigenvalue weighted by atomic mass is 10.1. The first-order valence-corrected chi connectivity index (χ1v) is 7.55. The number of halogens is 1. The minimum Gasteiger partial charge on any atom is -0.384 e. The molecule has 0 bridgehead atoms. The Morgan fingerprint density at radius 2 is 1.86 bits per heavy atom. The zero-order chi connectivity index (χ0) is 15.1. The van der Waals surface area contributed by atoms with E-state index in [4.69, 9.17) is 5.11 Å². The number of aliphatic hydroxyl groups is 1. The molecule has 0 radical (unpaired) electrons. The first-order chi connectivity index (χ1) is 10.2. The molecule has 2 rings (SSSR count). The quantitative estimate of drug-likeness (QED) is 0.855. The topological polar surface area (TPSA) is 26.7 Å². The van der Waals surface area contributed by atoms with E-state index < -0.39 is 0 Å². The van der Waals surface area contributed by atoms with Gasteiger partial charge in [0, 0.05) is 38.3 Å². The molecule has 1 fully saturated rings. The van der Waals surface area contributed by atoms with Gasteiger partial charge in [0.15, 0.2) is 0 Å². The van der Waals surface area contributed by atoms with Gasteiger partial charge in [0.25, 0.3) is 0 Å². The predicted molar refractivity (Wildman–Crippen MR) is 82.4 cm³/mol. The third-order valence-electron chi connectivity index (χ3n) is 3.68. The van der Waals surface area contributed by atoms with Gasteiger partial charge in [-0.05, 0) is 36.7 Å². The SMILES string of the molecule is CCCN1CCN(Cc2cc(F)cc(C#CCO)c2)CC1. The Morgan fingerprint density at radius 1 is 1.14 bits per heavy atom. The summed E-state index contributed by atoms with van der Waals surface area (Å²) in [5.41, 5.74) is 1.57. The summed E-state index contributed by atoms with van der Waals surface area (Å²) in [7, 11) is 0. The standard InChI is InChI=1S/C17H23FN2O/c1-2-5-19-6-8-20(9-7-19)14-16-11-15(4-3-10-21)12-17(18)13-16/h11-13,21H,2,5-10,14H2,1H3. The van der Waals surface area contributed by atoms with Gasteiger partial charge in [0.05, 0.1) is 0 Å². The van der Waals surface area contributed by atoms with E-state index in [2.05, 4.69) is 28.6 Å². The normalized spacial score (nSPS) is 16.5. The molecule has 1 heterocycles. The summed E-state index contributed by atoms with van der Waals surface area (Å²) in [6.45, 7) is 8.13. The fourth-order valence-electron chi connectivity index (χ4n) is 2.70. The van der Waals surface area contributed by atoms with Gasteiger partial charge in [-0.3, -0.25) is 4.90 Å². The smallest absolute Gasteiger partial charge is 0.124 e. The number of benzene rings is 1. The van der Waals surface area contributed by atoms with Gasteiger partial charge in [-0.15, -0.1) is 0 Å². The van der Waals surface area contributed by atoms with Crippen molar-refractivity contribution in [2.24, 2.45) is 0 Å². The lowest BCUT2D eigenvalue weighted by Gasteiger charge is -2.34. The molecule has 114 valence electrons. The van der Waals surface area contributed by atoms with E-state index in [9.17, 15) is 4.39 Å². The van der Waals surface area contributed by atoms with Crippen molar-refractivity contribution in [2.45, 2.75) is 19.9 Å². The second-order valence-corrected chi connectivity index (χ2v) is 5.43. The van der Waals surface area contributed by atoms with Gasteiger partial charge in [-0.1, -0.05) is 18.8 Å². The van der Waals surface area contributed by atoms with Crippen molar-refractivity contribution in [3.8, 4) is 11.8 Å². The first kappa shape index (κ1) is 16.0. The summed E-state index contributed by atoms with van der Waals surface area (Å²) < 4.78 is 13.6. The van der Waals surface area contributed by atoms with E-state index in [0.717, 1.165) is 44.8 Å². The maximum absolute atomic E-state index is 13.6. The molecule has 1 N–H and O–H groups in total. The van der Waals surface area contributed by atoms with E-state index in [0.29, 0.717) is 5.56 Å². The van der Waals surface area contributed by atoms with Crippen LogP contribution in [0.4, 0.5) is 4.39 Å². The molecule has 1 aliphatic heterocycles. The second kappa shape index (κ2) is 8.14. The summed E-state index contributed by atoms with van der Waals surface area (Å²) in [4.78, 5) is 4.82. The lowest BCUT2D eigenvalue weighted by molar-refractivity contribution is 0.127. The molecular weight excluding hydrogens is 267 g/mol. The zero-order valence-corrected chi connectivity index (χ0v) is 12.6. The number of piperazine rings is 1. The van der Waals surface area contributed by atoms with Crippen LogP contribution in [0.15, 0.2) is 18.2 Å². The minimum atomic E-state index is -0.264. The van der Waals surface area contributed by atoms with E-state index in [1.54, 1.807) is 6.07 Å². The second-order valence-electron chi connectivity index (χ2n) is 5.43. The fraction of sp³-hybridized carbons (Fsp3) is 0.529. The Labute approximate surface area is 126 Å².